The number of anilines is 2. The van der Waals surface area contributed by atoms with Crippen LogP contribution in [0.3, 0.4) is 0 Å². The van der Waals surface area contributed by atoms with Gasteiger partial charge in [0.25, 0.3) is 15.9 Å². The van der Waals surface area contributed by atoms with Crippen molar-refractivity contribution in [3.63, 3.8) is 0 Å². The molecule has 3 rings (SSSR count). The van der Waals surface area contributed by atoms with Crippen molar-refractivity contribution in [2.75, 3.05) is 83.8 Å². The first-order chi connectivity index (χ1) is 17.2. The Balaban J connectivity index is 1.99. The lowest BCUT2D eigenvalue weighted by molar-refractivity contribution is 0.0754. The van der Waals surface area contributed by atoms with Crippen molar-refractivity contribution >= 4 is 27.3 Å². The molecule has 1 fully saturated rings. The molecule has 0 radical (unpaired) electrons. The standard InChI is InChI=1S/C25H37N5O5S/c1-6-29(16-15-28(2)3)25(31)19-7-9-22(30-13-11-26-12-14-30)21(17-19)27-36(32,33)20-8-10-23(34-4)24(18-20)35-5/h7-10,17-18,26-27H,6,11-16H2,1-5H3. The molecule has 198 valence electrons. The van der Waals surface area contributed by atoms with Crippen molar-refractivity contribution in [3.8, 4) is 11.5 Å². The molecular weight excluding hydrogens is 482 g/mol. The number of carbonyl (C=O) groups is 1. The zero-order valence-electron chi connectivity index (χ0n) is 21.7. The van der Waals surface area contributed by atoms with Crippen LogP contribution in [0.1, 0.15) is 17.3 Å². The summed E-state index contributed by atoms with van der Waals surface area (Å²) in [6.07, 6.45) is 0. The van der Waals surface area contributed by atoms with Crippen LogP contribution in [0.15, 0.2) is 41.3 Å². The average Bonchev–Trinajstić information content (AvgIpc) is 2.88. The number of hydrogen-bond donors (Lipinski definition) is 2. The molecule has 0 spiro atoms. The Kier molecular flexibility index (Phi) is 9.41. The highest BCUT2D eigenvalue weighted by Gasteiger charge is 2.24. The van der Waals surface area contributed by atoms with Crippen LogP contribution in [0.4, 0.5) is 11.4 Å². The predicted octanol–water partition coefficient (Wildman–Crippen LogP) is 1.94. The second kappa shape index (κ2) is 12.3. The largest absolute Gasteiger partial charge is 0.493 e. The van der Waals surface area contributed by atoms with Gasteiger partial charge in [-0.15, -0.1) is 0 Å². The van der Waals surface area contributed by atoms with Gasteiger partial charge >= 0.3 is 0 Å². The molecular formula is C25H37N5O5S. The summed E-state index contributed by atoms with van der Waals surface area (Å²) in [5.41, 5.74) is 1.52. The van der Waals surface area contributed by atoms with Crippen LogP contribution in [0, 0.1) is 0 Å². The lowest BCUT2D eigenvalue weighted by atomic mass is 10.1. The summed E-state index contributed by atoms with van der Waals surface area (Å²) < 4.78 is 40.1. The first kappa shape index (κ1) is 27.6. The van der Waals surface area contributed by atoms with Crippen LogP contribution < -0.4 is 24.4 Å². The third-order valence-electron chi connectivity index (χ3n) is 6.10. The number of carbonyl (C=O) groups excluding carboxylic acids is 1. The third-order valence-corrected chi connectivity index (χ3v) is 7.46. The molecule has 10 nitrogen and oxygen atoms in total. The number of sulfonamides is 1. The van der Waals surface area contributed by atoms with Crippen molar-refractivity contribution in [1.82, 2.24) is 15.1 Å². The number of rotatable bonds is 11. The van der Waals surface area contributed by atoms with Gasteiger partial charge in [0.2, 0.25) is 0 Å². The second-order valence-electron chi connectivity index (χ2n) is 8.78. The van der Waals surface area contributed by atoms with E-state index in [4.69, 9.17) is 9.47 Å². The van der Waals surface area contributed by atoms with Crippen molar-refractivity contribution in [2.24, 2.45) is 0 Å². The van der Waals surface area contributed by atoms with Crippen molar-refractivity contribution < 1.29 is 22.7 Å². The fraction of sp³-hybridized carbons (Fsp3) is 0.480. The highest BCUT2D eigenvalue weighted by Crippen LogP contribution is 2.33. The second-order valence-corrected chi connectivity index (χ2v) is 10.5. The fourth-order valence-corrected chi connectivity index (χ4v) is 5.11. The summed E-state index contributed by atoms with van der Waals surface area (Å²) in [5.74, 6) is 0.604. The molecule has 2 aromatic rings. The van der Waals surface area contributed by atoms with E-state index in [-0.39, 0.29) is 10.8 Å². The monoisotopic (exact) mass is 519 g/mol. The number of nitrogens with zero attached hydrogens (tertiary/aromatic N) is 3. The van der Waals surface area contributed by atoms with E-state index in [0.717, 1.165) is 38.4 Å². The van der Waals surface area contributed by atoms with E-state index in [1.165, 1.54) is 26.4 Å². The van der Waals surface area contributed by atoms with Gasteiger partial charge < -0.3 is 29.5 Å². The number of benzene rings is 2. The molecule has 0 unspecified atom stereocenters. The molecule has 1 aliphatic heterocycles. The van der Waals surface area contributed by atoms with E-state index in [1.54, 1.807) is 23.1 Å². The maximum Gasteiger partial charge on any atom is 0.262 e. The summed E-state index contributed by atoms with van der Waals surface area (Å²) in [5, 5.41) is 3.31. The van der Waals surface area contributed by atoms with Crippen molar-refractivity contribution in [1.29, 1.82) is 0 Å². The SMILES string of the molecule is CCN(CCN(C)C)C(=O)c1ccc(N2CCNCC2)c(NS(=O)(=O)c2ccc(OC)c(OC)c2)c1. The molecule has 0 atom stereocenters. The van der Waals surface area contributed by atoms with E-state index < -0.39 is 10.0 Å². The molecule has 1 saturated heterocycles. The van der Waals surface area contributed by atoms with Crippen molar-refractivity contribution in [2.45, 2.75) is 11.8 Å². The number of methoxy groups -OCH3 is 2. The highest BCUT2D eigenvalue weighted by molar-refractivity contribution is 7.92. The number of hydrogen-bond acceptors (Lipinski definition) is 8. The Morgan fingerprint density at radius 3 is 2.33 bits per heavy atom. The van der Waals surface area contributed by atoms with E-state index in [2.05, 4.69) is 14.9 Å². The Bertz CT molecular complexity index is 1150. The topological polar surface area (TPSA) is 103 Å². The molecule has 36 heavy (non-hydrogen) atoms. The van der Waals surface area contributed by atoms with Gasteiger partial charge in [0.15, 0.2) is 11.5 Å². The fourth-order valence-electron chi connectivity index (χ4n) is 4.03. The Hall–Kier alpha value is -3.02. The summed E-state index contributed by atoms with van der Waals surface area (Å²) in [6.45, 7) is 6.83. The minimum Gasteiger partial charge on any atom is -0.493 e. The first-order valence-electron chi connectivity index (χ1n) is 12.0. The van der Waals surface area contributed by atoms with Gasteiger partial charge in [-0.3, -0.25) is 9.52 Å². The maximum absolute atomic E-state index is 13.4. The smallest absolute Gasteiger partial charge is 0.262 e. The zero-order chi connectivity index (χ0) is 26.3. The van der Waals surface area contributed by atoms with E-state index in [0.29, 0.717) is 35.8 Å². The number of amides is 1. The van der Waals surface area contributed by atoms with E-state index in [9.17, 15) is 13.2 Å². The molecule has 0 aromatic heterocycles. The lowest BCUT2D eigenvalue weighted by Crippen LogP contribution is -2.44. The van der Waals surface area contributed by atoms with Gasteiger partial charge in [-0.1, -0.05) is 0 Å². The normalized spacial score (nSPS) is 14.0. The minimum atomic E-state index is -3.98. The molecule has 0 saturated carbocycles. The van der Waals surface area contributed by atoms with Crippen LogP contribution in [0.5, 0.6) is 11.5 Å². The highest BCUT2D eigenvalue weighted by atomic mass is 32.2. The molecule has 0 bridgehead atoms. The molecule has 2 N–H and O–H groups in total. The van der Waals surface area contributed by atoms with Gasteiger partial charge in [-0.05, 0) is 51.4 Å². The Morgan fingerprint density at radius 2 is 1.72 bits per heavy atom. The number of likely N-dealkylation sites (N-methyl/N-ethyl adjacent to an activating group) is 2. The quantitative estimate of drug-likeness (QED) is 0.464. The average molecular weight is 520 g/mol. The molecule has 0 aliphatic carbocycles. The van der Waals surface area contributed by atoms with E-state index >= 15 is 0 Å². The van der Waals surface area contributed by atoms with Crippen molar-refractivity contribution in [3.05, 3.63) is 42.0 Å². The predicted molar refractivity (Wildman–Crippen MR) is 142 cm³/mol. The molecule has 1 aliphatic rings. The van der Waals surface area contributed by atoms with Crippen LogP contribution in [-0.4, -0.2) is 98.3 Å². The number of piperazine rings is 1. The molecule has 1 amide bonds. The Morgan fingerprint density at radius 1 is 1.03 bits per heavy atom. The summed E-state index contributed by atoms with van der Waals surface area (Å²) >= 11 is 0. The van der Waals surface area contributed by atoms with Crippen LogP contribution in [0.2, 0.25) is 0 Å². The Labute approximate surface area is 214 Å². The lowest BCUT2D eigenvalue weighted by Gasteiger charge is -2.31. The number of ether oxygens (including phenoxy) is 2. The van der Waals surface area contributed by atoms with Gasteiger partial charge in [0.1, 0.15) is 0 Å². The first-order valence-corrected chi connectivity index (χ1v) is 13.5. The molecule has 2 aromatic carbocycles. The van der Waals surface area contributed by atoms with Crippen LogP contribution in [-0.2, 0) is 10.0 Å². The number of nitrogens with one attached hydrogen (secondary N) is 2. The molecule has 1 heterocycles. The van der Waals surface area contributed by atoms with Crippen LogP contribution in [0.25, 0.3) is 0 Å². The van der Waals surface area contributed by atoms with Gasteiger partial charge in [0, 0.05) is 57.4 Å². The molecule has 11 heteroatoms. The van der Waals surface area contributed by atoms with Gasteiger partial charge in [-0.25, -0.2) is 8.42 Å². The zero-order valence-corrected chi connectivity index (χ0v) is 22.5. The maximum atomic E-state index is 13.4. The van der Waals surface area contributed by atoms with Gasteiger partial charge in [0.05, 0.1) is 30.5 Å². The van der Waals surface area contributed by atoms with Crippen LogP contribution >= 0.6 is 0 Å². The third kappa shape index (κ3) is 6.59. The minimum absolute atomic E-state index is 0.0318. The van der Waals surface area contributed by atoms with Gasteiger partial charge in [-0.2, -0.15) is 0 Å². The van der Waals surface area contributed by atoms with E-state index in [1.807, 2.05) is 32.0 Å². The summed E-state index contributed by atoms with van der Waals surface area (Å²) in [4.78, 5) is 19.2. The summed E-state index contributed by atoms with van der Waals surface area (Å²) in [7, 11) is 2.88. The summed E-state index contributed by atoms with van der Waals surface area (Å²) in [6, 6.07) is 9.66.